The van der Waals surface area contributed by atoms with E-state index in [9.17, 15) is 18.0 Å². The van der Waals surface area contributed by atoms with Gasteiger partial charge < -0.3 is 14.2 Å². The highest BCUT2D eigenvalue weighted by molar-refractivity contribution is 6.33. The molecule has 19 heavy (non-hydrogen) atoms. The van der Waals surface area contributed by atoms with Gasteiger partial charge in [-0.1, -0.05) is 11.6 Å². The Hall–Kier alpha value is -1.83. The van der Waals surface area contributed by atoms with E-state index < -0.39 is 18.9 Å². The van der Waals surface area contributed by atoms with Gasteiger partial charge in [-0.25, -0.2) is 4.79 Å². The van der Waals surface area contributed by atoms with Crippen LogP contribution < -0.4 is 14.8 Å². The van der Waals surface area contributed by atoms with Gasteiger partial charge in [-0.3, -0.25) is 5.32 Å². The molecule has 1 aliphatic heterocycles. The molecule has 0 unspecified atom stereocenters. The summed E-state index contributed by atoms with van der Waals surface area (Å²) in [6.07, 6.45) is -5.85. The van der Waals surface area contributed by atoms with Crippen molar-refractivity contribution < 1.29 is 32.2 Å². The average Bonchev–Trinajstić information content (AvgIpc) is 2.73. The second kappa shape index (κ2) is 5.04. The fourth-order valence-corrected chi connectivity index (χ4v) is 1.51. The zero-order valence-corrected chi connectivity index (χ0v) is 9.97. The van der Waals surface area contributed by atoms with Crippen LogP contribution in [0, 0.1) is 0 Å². The standard InChI is InChI=1S/C10H7ClF3NO4/c11-5-1-7-8(19-4-18-7)2-6(5)15-9(16)17-3-10(12,13)14/h1-2H,3-4H2,(H,15,16). The molecule has 0 spiro atoms. The van der Waals surface area contributed by atoms with Gasteiger partial charge in [0.15, 0.2) is 18.1 Å². The number of alkyl halides is 3. The second-order valence-electron chi connectivity index (χ2n) is 3.50. The molecule has 1 aromatic rings. The highest BCUT2D eigenvalue weighted by Crippen LogP contribution is 2.39. The molecule has 0 saturated heterocycles. The zero-order chi connectivity index (χ0) is 14.0. The van der Waals surface area contributed by atoms with Gasteiger partial charge in [-0.05, 0) is 0 Å². The van der Waals surface area contributed by atoms with Crippen molar-refractivity contribution in [2.24, 2.45) is 0 Å². The minimum absolute atomic E-state index is 0.00758. The number of halogens is 4. The molecular weight excluding hydrogens is 291 g/mol. The molecule has 0 aliphatic carbocycles. The smallest absolute Gasteiger partial charge is 0.422 e. The Kier molecular flexibility index (Phi) is 3.61. The van der Waals surface area contributed by atoms with Gasteiger partial charge in [0.25, 0.3) is 0 Å². The molecule has 1 amide bonds. The van der Waals surface area contributed by atoms with E-state index in [-0.39, 0.29) is 17.5 Å². The van der Waals surface area contributed by atoms with Gasteiger partial charge >= 0.3 is 12.3 Å². The van der Waals surface area contributed by atoms with Crippen LogP contribution in [0.15, 0.2) is 12.1 Å². The van der Waals surface area contributed by atoms with Crippen molar-refractivity contribution in [3.05, 3.63) is 17.2 Å². The fourth-order valence-electron chi connectivity index (χ4n) is 1.31. The van der Waals surface area contributed by atoms with Crippen LogP contribution in [0.5, 0.6) is 11.5 Å². The Bertz CT molecular complexity index is 506. The molecule has 9 heteroatoms. The molecule has 1 aromatic carbocycles. The molecule has 0 saturated carbocycles. The van der Waals surface area contributed by atoms with Gasteiger partial charge in [0.1, 0.15) is 0 Å². The number of hydrogen-bond donors (Lipinski definition) is 1. The molecule has 2 rings (SSSR count). The quantitative estimate of drug-likeness (QED) is 0.911. The van der Waals surface area contributed by atoms with Gasteiger partial charge in [0, 0.05) is 12.1 Å². The number of ether oxygens (including phenoxy) is 3. The summed E-state index contributed by atoms with van der Waals surface area (Å²) in [6.45, 7) is -1.67. The highest BCUT2D eigenvalue weighted by atomic mass is 35.5. The second-order valence-corrected chi connectivity index (χ2v) is 3.91. The molecule has 1 aliphatic rings. The molecule has 1 N–H and O–H groups in total. The molecule has 0 atom stereocenters. The van der Waals surface area contributed by atoms with Crippen LogP contribution in [0.4, 0.5) is 23.7 Å². The van der Waals surface area contributed by atoms with Crippen LogP contribution >= 0.6 is 11.6 Å². The molecule has 104 valence electrons. The van der Waals surface area contributed by atoms with Gasteiger partial charge in [-0.15, -0.1) is 0 Å². The summed E-state index contributed by atoms with van der Waals surface area (Å²) < 4.78 is 49.6. The summed E-state index contributed by atoms with van der Waals surface area (Å²) in [7, 11) is 0. The molecule has 5 nitrogen and oxygen atoms in total. The first-order valence-electron chi connectivity index (χ1n) is 4.95. The van der Waals surface area contributed by atoms with Crippen molar-refractivity contribution in [3.8, 4) is 11.5 Å². The number of amides is 1. The predicted octanol–water partition coefficient (Wildman–Crippen LogP) is 3.18. The van der Waals surface area contributed by atoms with Crippen molar-refractivity contribution in [3.63, 3.8) is 0 Å². The van der Waals surface area contributed by atoms with E-state index in [1.807, 2.05) is 0 Å². The normalized spacial score (nSPS) is 13.3. The Labute approximate surface area is 110 Å². The van der Waals surface area contributed by atoms with Crippen molar-refractivity contribution in [2.45, 2.75) is 6.18 Å². The summed E-state index contributed by atoms with van der Waals surface area (Å²) in [4.78, 5) is 11.1. The number of anilines is 1. The molecule has 0 fully saturated rings. The van der Waals surface area contributed by atoms with E-state index in [0.717, 1.165) is 0 Å². The number of hydrogen-bond acceptors (Lipinski definition) is 4. The minimum atomic E-state index is -4.59. The van der Waals surface area contributed by atoms with Gasteiger partial charge in [0.2, 0.25) is 6.79 Å². The molecular formula is C10H7ClF3NO4. The monoisotopic (exact) mass is 297 g/mol. The van der Waals surface area contributed by atoms with Crippen LogP contribution in [0.1, 0.15) is 0 Å². The van der Waals surface area contributed by atoms with Crippen LogP contribution in [0.2, 0.25) is 5.02 Å². The minimum Gasteiger partial charge on any atom is -0.454 e. The third-order valence-electron chi connectivity index (χ3n) is 2.07. The first kappa shape index (κ1) is 13.6. The average molecular weight is 298 g/mol. The van der Waals surface area contributed by atoms with Crippen LogP contribution in [0.3, 0.4) is 0 Å². The zero-order valence-electron chi connectivity index (χ0n) is 9.21. The van der Waals surface area contributed by atoms with Crippen LogP contribution in [-0.2, 0) is 4.74 Å². The molecule has 0 radical (unpaired) electrons. The summed E-state index contributed by atoms with van der Waals surface area (Å²) in [5, 5.41) is 2.17. The summed E-state index contributed by atoms with van der Waals surface area (Å²) in [5.41, 5.74) is 0.0677. The van der Waals surface area contributed by atoms with Crippen LogP contribution in [-0.4, -0.2) is 25.7 Å². The van der Waals surface area contributed by atoms with E-state index in [1.165, 1.54) is 12.1 Å². The van der Waals surface area contributed by atoms with Gasteiger partial charge in [-0.2, -0.15) is 13.2 Å². The van der Waals surface area contributed by atoms with E-state index >= 15 is 0 Å². The highest BCUT2D eigenvalue weighted by Gasteiger charge is 2.29. The van der Waals surface area contributed by atoms with Crippen molar-refractivity contribution in [1.29, 1.82) is 0 Å². The maximum Gasteiger partial charge on any atom is 0.422 e. The Morgan fingerprint density at radius 1 is 1.37 bits per heavy atom. The Balaban J connectivity index is 2.01. The Morgan fingerprint density at radius 3 is 2.63 bits per heavy atom. The van der Waals surface area contributed by atoms with Gasteiger partial charge in [0.05, 0.1) is 10.7 Å². The topological polar surface area (TPSA) is 56.8 Å². The molecule has 1 heterocycles. The first-order chi connectivity index (χ1) is 8.85. The maximum absolute atomic E-state index is 11.8. The largest absolute Gasteiger partial charge is 0.454 e. The molecule has 0 bridgehead atoms. The lowest BCUT2D eigenvalue weighted by molar-refractivity contribution is -0.159. The van der Waals surface area contributed by atoms with Crippen LogP contribution in [0.25, 0.3) is 0 Å². The van der Waals surface area contributed by atoms with E-state index in [0.29, 0.717) is 11.5 Å². The van der Waals surface area contributed by atoms with E-state index in [4.69, 9.17) is 21.1 Å². The first-order valence-corrected chi connectivity index (χ1v) is 5.32. The SMILES string of the molecule is O=C(Nc1cc2c(cc1Cl)OCO2)OCC(F)(F)F. The third-order valence-corrected chi connectivity index (χ3v) is 2.38. The number of fused-ring (bicyclic) bond motifs is 1. The van der Waals surface area contributed by atoms with E-state index in [2.05, 4.69) is 10.1 Å². The lowest BCUT2D eigenvalue weighted by Gasteiger charge is -2.10. The molecule has 0 aromatic heterocycles. The Morgan fingerprint density at radius 2 is 2.00 bits per heavy atom. The fraction of sp³-hybridized carbons (Fsp3) is 0.300. The van der Waals surface area contributed by atoms with Crippen molar-refractivity contribution >= 4 is 23.4 Å². The number of carbonyl (C=O) groups excluding carboxylic acids is 1. The maximum atomic E-state index is 11.8. The summed E-state index contributed by atoms with van der Waals surface area (Å²) in [6, 6.07) is 2.71. The number of nitrogens with one attached hydrogen (secondary N) is 1. The lowest BCUT2D eigenvalue weighted by atomic mass is 10.3. The third kappa shape index (κ3) is 3.57. The summed E-state index contributed by atoms with van der Waals surface area (Å²) in [5.74, 6) is 0.717. The predicted molar refractivity (Wildman–Crippen MR) is 58.6 cm³/mol. The number of benzene rings is 1. The summed E-state index contributed by atoms with van der Waals surface area (Å²) >= 11 is 5.81. The van der Waals surface area contributed by atoms with Crippen molar-refractivity contribution in [2.75, 3.05) is 18.7 Å². The lowest BCUT2D eigenvalue weighted by Crippen LogP contribution is -2.23. The van der Waals surface area contributed by atoms with E-state index in [1.54, 1.807) is 0 Å². The van der Waals surface area contributed by atoms with Crippen molar-refractivity contribution in [1.82, 2.24) is 0 Å². The number of carbonyl (C=O) groups is 1. The number of rotatable bonds is 2.